The van der Waals surface area contributed by atoms with E-state index in [0.717, 1.165) is 29.9 Å². The first-order valence-corrected chi connectivity index (χ1v) is 14.1. The number of amides is 1. The first-order chi connectivity index (χ1) is 18.5. The predicted molar refractivity (Wildman–Crippen MR) is 139 cm³/mol. The highest BCUT2D eigenvalue weighted by molar-refractivity contribution is 7.91. The van der Waals surface area contributed by atoms with Crippen LogP contribution in [-0.4, -0.2) is 48.3 Å². The molecule has 0 radical (unpaired) electrons. The van der Waals surface area contributed by atoms with Crippen molar-refractivity contribution in [2.24, 2.45) is 0 Å². The summed E-state index contributed by atoms with van der Waals surface area (Å²) < 4.78 is 62.9. The molecule has 0 saturated carbocycles. The largest absolute Gasteiger partial charge is 0.419 e. The summed E-state index contributed by atoms with van der Waals surface area (Å²) in [4.78, 5) is 22.9. The van der Waals surface area contributed by atoms with E-state index in [1.807, 2.05) is 13.0 Å². The van der Waals surface area contributed by atoms with Crippen LogP contribution in [0.4, 0.5) is 19.1 Å². The van der Waals surface area contributed by atoms with Crippen LogP contribution in [0.15, 0.2) is 59.8 Å². The SMILES string of the molecule is CC[C@H]1CN(c2ncc(C(F)(F)F)cn2)Cc2cc(C(=O)NC(CO)c3ccc(S(=O)(=O)CC)cc3)ccc21. The zero-order valence-electron chi connectivity index (χ0n) is 21.4. The number of fused-ring (bicyclic) bond motifs is 1. The second-order valence-corrected chi connectivity index (χ2v) is 11.6. The first kappa shape index (κ1) is 28.5. The molecule has 3 aromatic rings. The Morgan fingerprint density at radius 2 is 1.79 bits per heavy atom. The fraction of sp³-hybridized carbons (Fsp3) is 0.370. The number of aliphatic hydroxyl groups is 1. The van der Waals surface area contributed by atoms with Crippen LogP contribution in [0.2, 0.25) is 0 Å². The minimum Gasteiger partial charge on any atom is -0.394 e. The number of anilines is 1. The Bertz CT molecular complexity index is 1430. The van der Waals surface area contributed by atoms with E-state index in [2.05, 4.69) is 15.3 Å². The van der Waals surface area contributed by atoms with Crippen LogP contribution in [0.5, 0.6) is 0 Å². The van der Waals surface area contributed by atoms with Gasteiger partial charge in [-0.3, -0.25) is 4.79 Å². The Hall–Kier alpha value is -3.51. The number of alkyl halides is 3. The molecule has 1 aromatic heterocycles. The first-order valence-electron chi connectivity index (χ1n) is 12.5. The van der Waals surface area contributed by atoms with E-state index in [0.29, 0.717) is 24.2 Å². The Kier molecular flexibility index (Phi) is 8.26. The van der Waals surface area contributed by atoms with Crippen molar-refractivity contribution in [1.29, 1.82) is 0 Å². The number of rotatable bonds is 8. The molecule has 0 bridgehead atoms. The van der Waals surface area contributed by atoms with Crippen LogP contribution in [-0.2, 0) is 22.6 Å². The van der Waals surface area contributed by atoms with Crippen LogP contribution in [0, 0.1) is 0 Å². The van der Waals surface area contributed by atoms with Crippen molar-refractivity contribution in [3.8, 4) is 0 Å². The Labute approximate surface area is 224 Å². The van der Waals surface area contributed by atoms with Gasteiger partial charge in [0.25, 0.3) is 5.91 Å². The lowest BCUT2D eigenvalue weighted by molar-refractivity contribution is -0.138. The highest BCUT2D eigenvalue weighted by atomic mass is 32.2. The minimum atomic E-state index is -4.52. The molecule has 1 aliphatic heterocycles. The van der Waals surface area contributed by atoms with E-state index in [4.69, 9.17) is 0 Å². The summed E-state index contributed by atoms with van der Waals surface area (Å²) >= 11 is 0. The number of carbonyl (C=O) groups excluding carboxylic acids is 1. The quantitative estimate of drug-likeness (QED) is 0.422. The van der Waals surface area contributed by atoms with Crippen molar-refractivity contribution in [2.45, 2.75) is 49.8 Å². The van der Waals surface area contributed by atoms with Gasteiger partial charge in [-0.2, -0.15) is 13.2 Å². The molecule has 8 nitrogen and oxygen atoms in total. The topological polar surface area (TPSA) is 112 Å². The summed E-state index contributed by atoms with van der Waals surface area (Å²) in [5, 5.41) is 12.7. The van der Waals surface area contributed by atoms with Crippen LogP contribution >= 0.6 is 0 Å². The van der Waals surface area contributed by atoms with Crippen LogP contribution in [0.3, 0.4) is 0 Å². The minimum absolute atomic E-state index is 0.0356. The van der Waals surface area contributed by atoms with Gasteiger partial charge in [0.1, 0.15) is 0 Å². The summed E-state index contributed by atoms with van der Waals surface area (Å²) in [6, 6.07) is 10.6. The van der Waals surface area contributed by atoms with Crippen molar-refractivity contribution in [3.05, 3.63) is 82.7 Å². The number of benzene rings is 2. The van der Waals surface area contributed by atoms with Crippen molar-refractivity contribution in [3.63, 3.8) is 0 Å². The maximum absolute atomic E-state index is 13.1. The molecule has 12 heteroatoms. The smallest absolute Gasteiger partial charge is 0.394 e. The van der Waals surface area contributed by atoms with E-state index in [9.17, 15) is 31.5 Å². The number of carbonyl (C=O) groups is 1. The number of halogens is 3. The van der Waals surface area contributed by atoms with Gasteiger partial charge >= 0.3 is 6.18 Å². The van der Waals surface area contributed by atoms with E-state index >= 15 is 0 Å². The van der Waals surface area contributed by atoms with E-state index in [1.165, 1.54) is 12.1 Å². The molecule has 0 fully saturated rings. The average Bonchev–Trinajstić information content (AvgIpc) is 2.94. The van der Waals surface area contributed by atoms with Gasteiger partial charge in [-0.05, 0) is 47.4 Å². The molecule has 1 amide bonds. The molecule has 0 aliphatic carbocycles. The normalized spacial score (nSPS) is 16.5. The van der Waals surface area contributed by atoms with Crippen molar-refractivity contribution < 1.29 is 31.5 Å². The molecule has 0 saturated heterocycles. The highest BCUT2D eigenvalue weighted by Crippen LogP contribution is 2.34. The summed E-state index contributed by atoms with van der Waals surface area (Å²) in [5.41, 5.74) is 1.86. The fourth-order valence-corrected chi connectivity index (χ4v) is 5.48. The van der Waals surface area contributed by atoms with Crippen molar-refractivity contribution in [1.82, 2.24) is 15.3 Å². The number of nitrogens with zero attached hydrogens (tertiary/aromatic N) is 3. The Morgan fingerprint density at radius 3 is 2.36 bits per heavy atom. The van der Waals surface area contributed by atoms with Gasteiger partial charge < -0.3 is 15.3 Å². The summed E-state index contributed by atoms with van der Waals surface area (Å²) in [6.07, 6.45) is -2.22. The monoisotopic (exact) mass is 562 g/mol. The van der Waals surface area contributed by atoms with Gasteiger partial charge in [-0.1, -0.05) is 32.0 Å². The lowest BCUT2D eigenvalue weighted by Gasteiger charge is -2.34. The molecule has 2 aromatic carbocycles. The van der Waals surface area contributed by atoms with Gasteiger partial charge in [-0.15, -0.1) is 0 Å². The van der Waals surface area contributed by atoms with E-state index < -0.39 is 40.1 Å². The third-order valence-electron chi connectivity index (χ3n) is 6.90. The maximum atomic E-state index is 13.1. The molecule has 1 unspecified atom stereocenters. The molecule has 1 aliphatic rings. The number of hydrogen-bond donors (Lipinski definition) is 2. The third kappa shape index (κ3) is 6.22. The van der Waals surface area contributed by atoms with Gasteiger partial charge in [0.2, 0.25) is 5.95 Å². The lowest BCUT2D eigenvalue weighted by Crippen LogP contribution is -2.35. The van der Waals surface area contributed by atoms with Gasteiger partial charge in [0.05, 0.1) is 28.9 Å². The molecule has 2 heterocycles. The molecule has 2 N–H and O–H groups in total. The second kappa shape index (κ2) is 11.3. The lowest BCUT2D eigenvalue weighted by atomic mass is 9.87. The van der Waals surface area contributed by atoms with Gasteiger partial charge in [-0.25, -0.2) is 18.4 Å². The van der Waals surface area contributed by atoms with Crippen LogP contribution < -0.4 is 10.2 Å². The maximum Gasteiger partial charge on any atom is 0.419 e. The molecular formula is C27H29F3N4O4S. The molecule has 208 valence electrons. The second-order valence-electron chi connectivity index (χ2n) is 9.35. The number of hydrogen-bond acceptors (Lipinski definition) is 7. The van der Waals surface area contributed by atoms with Crippen LogP contribution in [0.1, 0.15) is 64.8 Å². The number of nitrogens with one attached hydrogen (secondary N) is 1. The molecule has 2 atom stereocenters. The molecular weight excluding hydrogens is 533 g/mol. The van der Waals surface area contributed by atoms with E-state index in [-0.39, 0.29) is 22.5 Å². The number of aromatic nitrogens is 2. The average molecular weight is 563 g/mol. The molecule has 39 heavy (non-hydrogen) atoms. The predicted octanol–water partition coefficient (Wildman–Crippen LogP) is 4.27. The zero-order valence-corrected chi connectivity index (χ0v) is 22.3. The summed E-state index contributed by atoms with van der Waals surface area (Å²) in [6.45, 7) is 4.01. The zero-order chi connectivity index (χ0) is 28.4. The Balaban J connectivity index is 1.54. The van der Waals surface area contributed by atoms with Crippen LogP contribution in [0.25, 0.3) is 0 Å². The third-order valence-corrected chi connectivity index (χ3v) is 8.65. The standard InChI is InChI=1S/C27H29F3N4O4S/c1-3-17-14-34(26-31-12-21(13-32-26)27(28,29)30)15-20-11-19(7-10-23(17)20)25(36)33-24(16-35)18-5-8-22(9-6-18)39(37,38)4-2/h5-13,17,24,35H,3-4,14-16H2,1-2H3,(H,33,36)/t17-,24?/m0/s1. The highest BCUT2D eigenvalue weighted by Gasteiger charge is 2.32. The Morgan fingerprint density at radius 1 is 1.13 bits per heavy atom. The molecule has 0 spiro atoms. The molecule has 4 rings (SSSR count). The summed E-state index contributed by atoms with van der Waals surface area (Å²) in [7, 11) is -3.38. The van der Waals surface area contributed by atoms with Gasteiger partial charge in [0, 0.05) is 37.0 Å². The van der Waals surface area contributed by atoms with E-state index in [1.54, 1.807) is 36.1 Å². The van der Waals surface area contributed by atoms with Gasteiger partial charge in [0.15, 0.2) is 9.84 Å². The van der Waals surface area contributed by atoms with Crippen molar-refractivity contribution >= 4 is 21.7 Å². The summed E-state index contributed by atoms with van der Waals surface area (Å²) in [5.74, 6) is -0.222. The number of aliphatic hydroxyl groups excluding tert-OH is 1. The number of sulfone groups is 1. The van der Waals surface area contributed by atoms with Crippen molar-refractivity contribution in [2.75, 3.05) is 23.8 Å². The fourth-order valence-electron chi connectivity index (χ4n) is 4.60.